The lowest BCUT2D eigenvalue weighted by Gasteiger charge is -2.19. The largest absolute Gasteiger partial charge is 0.380 e. The molecular formula is C10H20N2O2. The second-order valence-electron chi connectivity index (χ2n) is 4.03. The van der Waals surface area contributed by atoms with Gasteiger partial charge >= 0.3 is 0 Å². The molecule has 1 saturated heterocycles. The van der Waals surface area contributed by atoms with E-state index in [0.717, 1.165) is 19.5 Å². The lowest BCUT2D eigenvalue weighted by atomic mass is 10.2. The zero-order chi connectivity index (χ0) is 10.6. The number of methoxy groups -OCH3 is 1. The highest BCUT2D eigenvalue weighted by atomic mass is 16.5. The molecule has 1 rings (SSSR count). The summed E-state index contributed by atoms with van der Waals surface area (Å²) in [6.45, 7) is 4.36. The molecular weight excluding hydrogens is 180 g/mol. The first-order chi connectivity index (χ1) is 6.67. The fourth-order valence-electron chi connectivity index (χ4n) is 1.75. The van der Waals surface area contributed by atoms with Crippen LogP contribution in [0.25, 0.3) is 0 Å². The molecule has 1 fully saturated rings. The summed E-state index contributed by atoms with van der Waals surface area (Å²) in [7, 11) is 1.59. The molecule has 4 heteroatoms. The van der Waals surface area contributed by atoms with Gasteiger partial charge in [-0.2, -0.15) is 0 Å². The number of likely N-dealkylation sites (tertiary alicyclic amines) is 1. The Balaban J connectivity index is 2.34. The third-order valence-electron chi connectivity index (χ3n) is 2.78. The molecule has 0 aromatic rings. The van der Waals surface area contributed by atoms with Gasteiger partial charge in [-0.25, -0.2) is 0 Å². The Morgan fingerprint density at radius 3 is 2.86 bits per heavy atom. The second-order valence-corrected chi connectivity index (χ2v) is 4.03. The fraction of sp³-hybridized carbons (Fsp3) is 0.900. The summed E-state index contributed by atoms with van der Waals surface area (Å²) in [6.07, 6.45) is 1.41. The van der Waals surface area contributed by atoms with Crippen molar-refractivity contribution in [1.29, 1.82) is 0 Å². The highest BCUT2D eigenvalue weighted by Gasteiger charge is 2.24. The number of ether oxygens (including phenoxy) is 1. The van der Waals surface area contributed by atoms with Crippen molar-refractivity contribution < 1.29 is 9.53 Å². The SMILES string of the molecule is COC(CN)CC(=O)N1CCC(C)C1. The summed E-state index contributed by atoms with van der Waals surface area (Å²) < 4.78 is 5.08. The molecule has 2 unspecified atom stereocenters. The third kappa shape index (κ3) is 2.96. The summed E-state index contributed by atoms with van der Waals surface area (Å²) in [5.41, 5.74) is 5.46. The van der Waals surface area contributed by atoms with Gasteiger partial charge in [0.1, 0.15) is 0 Å². The number of nitrogens with two attached hydrogens (primary N) is 1. The van der Waals surface area contributed by atoms with Crippen LogP contribution in [0.3, 0.4) is 0 Å². The number of rotatable bonds is 4. The van der Waals surface area contributed by atoms with E-state index in [2.05, 4.69) is 6.92 Å². The maximum atomic E-state index is 11.7. The van der Waals surface area contributed by atoms with E-state index in [1.807, 2.05) is 4.90 Å². The minimum Gasteiger partial charge on any atom is -0.380 e. The van der Waals surface area contributed by atoms with E-state index in [4.69, 9.17) is 10.5 Å². The van der Waals surface area contributed by atoms with Crippen LogP contribution in [-0.4, -0.2) is 43.7 Å². The summed E-state index contributed by atoms with van der Waals surface area (Å²) in [5, 5.41) is 0. The van der Waals surface area contributed by atoms with E-state index in [-0.39, 0.29) is 12.0 Å². The lowest BCUT2D eigenvalue weighted by Crippen LogP contribution is -2.34. The molecule has 1 heterocycles. The van der Waals surface area contributed by atoms with Gasteiger partial charge in [-0.15, -0.1) is 0 Å². The van der Waals surface area contributed by atoms with E-state index < -0.39 is 0 Å². The predicted octanol–water partition coefficient (Wildman–Crippen LogP) is 0.219. The predicted molar refractivity (Wildman–Crippen MR) is 54.8 cm³/mol. The van der Waals surface area contributed by atoms with Crippen LogP contribution in [0.15, 0.2) is 0 Å². The lowest BCUT2D eigenvalue weighted by molar-refractivity contribution is -0.132. The van der Waals surface area contributed by atoms with Crippen LogP contribution in [0.4, 0.5) is 0 Å². The highest BCUT2D eigenvalue weighted by Crippen LogP contribution is 2.16. The van der Waals surface area contributed by atoms with E-state index in [9.17, 15) is 4.79 Å². The smallest absolute Gasteiger partial charge is 0.225 e. The number of carbonyl (C=O) groups is 1. The Hall–Kier alpha value is -0.610. The van der Waals surface area contributed by atoms with Crippen LogP contribution < -0.4 is 5.73 Å². The van der Waals surface area contributed by atoms with Gasteiger partial charge in [0.15, 0.2) is 0 Å². The van der Waals surface area contributed by atoms with E-state index >= 15 is 0 Å². The Bertz CT molecular complexity index is 193. The standard InChI is InChI=1S/C10H20N2O2/c1-8-3-4-12(7-8)10(13)5-9(6-11)14-2/h8-9H,3-7,11H2,1-2H3. The normalized spacial score (nSPS) is 23.9. The first kappa shape index (κ1) is 11.5. The Morgan fingerprint density at radius 2 is 2.43 bits per heavy atom. The quantitative estimate of drug-likeness (QED) is 0.706. The number of carbonyl (C=O) groups excluding carboxylic acids is 1. The van der Waals surface area contributed by atoms with Crippen LogP contribution in [-0.2, 0) is 9.53 Å². The monoisotopic (exact) mass is 200 g/mol. The van der Waals surface area contributed by atoms with Gasteiger partial charge in [-0.05, 0) is 12.3 Å². The summed E-state index contributed by atoms with van der Waals surface area (Å²) >= 11 is 0. The van der Waals surface area contributed by atoms with E-state index in [1.165, 1.54) is 0 Å². The van der Waals surface area contributed by atoms with Gasteiger partial charge in [0.25, 0.3) is 0 Å². The van der Waals surface area contributed by atoms with Crippen LogP contribution >= 0.6 is 0 Å². The molecule has 0 saturated carbocycles. The van der Waals surface area contributed by atoms with Gasteiger partial charge < -0.3 is 15.4 Å². The topological polar surface area (TPSA) is 55.6 Å². The van der Waals surface area contributed by atoms with Gasteiger partial charge in [-0.1, -0.05) is 6.92 Å². The van der Waals surface area contributed by atoms with Crippen molar-refractivity contribution in [3.05, 3.63) is 0 Å². The third-order valence-corrected chi connectivity index (χ3v) is 2.78. The van der Waals surface area contributed by atoms with Crippen molar-refractivity contribution in [3.63, 3.8) is 0 Å². The molecule has 82 valence electrons. The summed E-state index contributed by atoms with van der Waals surface area (Å²) in [4.78, 5) is 13.6. The van der Waals surface area contributed by atoms with Crippen LogP contribution in [0, 0.1) is 5.92 Å². The van der Waals surface area contributed by atoms with Crippen molar-refractivity contribution in [2.45, 2.75) is 25.9 Å². The molecule has 0 aliphatic carbocycles. The van der Waals surface area contributed by atoms with Gasteiger partial charge in [0, 0.05) is 26.7 Å². The Labute approximate surface area is 85.4 Å². The minimum atomic E-state index is -0.126. The molecule has 1 aliphatic heterocycles. The maximum Gasteiger partial charge on any atom is 0.225 e. The Kier molecular flexibility index (Phi) is 4.35. The first-order valence-electron chi connectivity index (χ1n) is 5.18. The fourth-order valence-corrected chi connectivity index (χ4v) is 1.75. The Morgan fingerprint density at radius 1 is 1.71 bits per heavy atom. The molecule has 1 amide bonds. The van der Waals surface area contributed by atoms with Crippen LogP contribution in [0.2, 0.25) is 0 Å². The van der Waals surface area contributed by atoms with E-state index in [0.29, 0.717) is 18.9 Å². The minimum absolute atomic E-state index is 0.126. The molecule has 4 nitrogen and oxygen atoms in total. The number of nitrogens with zero attached hydrogens (tertiary/aromatic N) is 1. The van der Waals surface area contributed by atoms with Crippen molar-refractivity contribution in [2.24, 2.45) is 11.7 Å². The van der Waals surface area contributed by atoms with E-state index in [1.54, 1.807) is 7.11 Å². The summed E-state index contributed by atoms with van der Waals surface area (Å²) in [6, 6.07) is 0. The molecule has 2 N–H and O–H groups in total. The first-order valence-corrected chi connectivity index (χ1v) is 5.18. The second kappa shape index (κ2) is 5.32. The van der Waals surface area contributed by atoms with Gasteiger partial charge in [0.05, 0.1) is 12.5 Å². The van der Waals surface area contributed by atoms with Gasteiger partial charge in [0.2, 0.25) is 5.91 Å². The molecule has 0 aromatic heterocycles. The van der Waals surface area contributed by atoms with Crippen LogP contribution in [0.5, 0.6) is 0 Å². The van der Waals surface area contributed by atoms with Gasteiger partial charge in [-0.3, -0.25) is 4.79 Å². The molecule has 14 heavy (non-hydrogen) atoms. The number of hydrogen-bond donors (Lipinski definition) is 1. The molecule has 0 radical (unpaired) electrons. The van der Waals surface area contributed by atoms with Crippen molar-refractivity contribution in [3.8, 4) is 0 Å². The maximum absolute atomic E-state index is 11.7. The highest BCUT2D eigenvalue weighted by molar-refractivity contribution is 5.77. The average Bonchev–Trinajstić information content (AvgIpc) is 2.61. The van der Waals surface area contributed by atoms with Crippen molar-refractivity contribution in [2.75, 3.05) is 26.7 Å². The number of amides is 1. The molecule has 1 aliphatic rings. The molecule has 0 bridgehead atoms. The van der Waals surface area contributed by atoms with Crippen molar-refractivity contribution in [1.82, 2.24) is 4.90 Å². The zero-order valence-corrected chi connectivity index (χ0v) is 9.03. The molecule has 0 aromatic carbocycles. The molecule has 0 spiro atoms. The molecule has 2 atom stereocenters. The summed E-state index contributed by atoms with van der Waals surface area (Å²) in [5.74, 6) is 0.810. The zero-order valence-electron chi connectivity index (χ0n) is 9.03. The number of hydrogen-bond acceptors (Lipinski definition) is 3. The van der Waals surface area contributed by atoms with Crippen molar-refractivity contribution >= 4 is 5.91 Å². The van der Waals surface area contributed by atoms with Crippen LogP contribution in [0.1, 0.15) is 19.8 Å². The average molecular weight is 200 g/mol.